The molecule has 0 fully saturated rings. The van der Waals surface area contributed by atoms with Crippen molar-refractivity contribution in [1.29, 1.82) is 5.26 Å². The first kappa shape index (κ1) is 16.1. The quantitative estimate of drug-likeness (QED) is 0.746. The molecule has 0 amide bonds. The van der Waals surface area contributed by atoms with Gasteiger partial charge in [0.1, 0.15) is 6.07 Å². The van der Waals surface area contributed by atoms with E-state index in [2.05, 4.69) is 14.9 Å². The van der Waals surface area contributed by atoms with Crippen molar-refractivity contribution in [2.45, 2.75) is 4.90 Å². The molecule has 1 aromatic heterocycles. The van der Waals surface area contributed by atoms with Gasteiger partial charge in [0.2, 0.25) is 0 Å². The minimum Gasteiger partial charge on any atom is -0.280 e. The molecule has 2 N–H and O–H groups in total. The highest BCUT2D eigenvalue weighted by molar-refractivity contribution is 7.92. The fraction of sp³-hybridized carbons (Fsp3) is 0. The smallest absolute Gasteiger partial charge is 0.261 e. The van der Waals surface area contributed by atoms with Gasteiger partial charge in [-0.05, 0) is 36.4 Å². The number of nitriles is 1. The van der Waals surface area contributed by atoms with Crippen molar-refractivity contribution >= 4 is 27.3 Å². The molecule has 1 heterocycles. The number of nitrogens with one attached hydrogen (secondary N) is 2. The lowest BCUT2D eigenvalue weighted by molar-refractivity contribution is 0.601. The second-order valence-corrected chi connectivity index (χ2v) is 7.00. The van der Waals surface area contributed by atoms with Gasteiger partial charge in [0.25, 0.3) is 10.0 Å². The van der Waals surface area contributed by atoms with E-state index in [0.29, 0.717) is 5.69 Å². The molecule has 3 aromatic rings. The number of hydrogen-bond donors (Lipinski definition) is 2. The van der Waals surface area contributed by atoms with Crippen LogP contribution in [0.15, 0.2) is 59.6 Å². The molecule has 0 aliphatic carbocycles. The van der Waals surface area contributed by atoms with Gasteiger partial charge in [-0.3, -0.25) is 9.82 Å². The Labute approximate surface area is 143 Å². The van der Waals surface area contributed by atoms with Crippen LogP contribution in [0.1, 0.15) is 5.56 Å². The van der Waals surface area contributed by atoms with Crippen LogP contribution in [0.3, 0.4) is 0 Å². The van der Waals surface area contributed by atoms with E-state index in [9.17, 15) is 8.42 Å². The Balaban J connectivity index is 1.93. The van der Waals surface area contributed by atoms with E-state index in [1.807, 2.05) is 12.1 Å². The van der Waals surface area contributed by atoms with Gasteiger partial charge in [-0.2, -0.15) is 10.4 Å². The maximum absolute atomic E-state index is 12.5. The summed E-state index contributed by atoms with van der Waals surface area (Å²) in [6, 6.07) is 14.5. The molecule has 0 radical (unpaired) electrons. The monoisotopic (exact) mass is 358 g/mol. The zero-order valence-corrected chi connectivity index (χ0v) is 13.8. The summed E-state index contributed by atoms with van der Waals surface area (Å²) in [7, 11) is -3.83. The molecular weight excluding hydrogens is 348 g/mol. The van der Waals surface area contributed by atoms with Crippen LogP contribution in [0.25, 0.3) is 11.3 Å². The third-order valence-electron chi connectivity index (χ3n) is 3.30. The largest absolute Gasteiger partial charge is 0.280 e. The van der Waals surface area contributed by atoms with Crippen LogP contribution >= 0.6 is 11.6 Å². The van der Waals surface area contributed by atoms with Gasteiger partial charge < -0.3 is 0 Å². The second-order valence-electron chi connectivity index (χ2n) is 4.91. The van der Waals surface area contributed by atoms with Crippen LogP contribution in [0.2, 0.25) is 5.02 Å². The summed E-state index contributed by atoms with van der Waals surface area (Å²) in [5.41, 5.74) is 2.07. The van der Waals surface area contributed by atoms with Crippen LogP contribution in [-0.4, -0.2) is 18.6 Å². The van der Waals surface area contributed by atoms with Crippen molar-refractivity contribution < 1.29 is 8.42 Å². The summed E-state index contributed by atoms with van der Waals surface area (Å²) >= 11 is 5.84. The van der Waals surface area contributed by atoms with Crippen LogP contribution in [-0.2, 0) is 10.0 Å². The van der Waals surface area contributed by atoms with Crippen LogP contribution in [0, 0.1) is 11.3 Å². The predicted octanol–water partition coefficient (Wildman–Crippen LogP) is 3.40. The molecule has 0 spiro atoms. The summed E-state index contributed by atoms with van der Waals surface area (Å²) in [5.74, 6) is 0. The molecule has 0 saturated heterocycles. The van der Waals surface area contributed by atoms with E-state index in [0.717, 1.165) is 11.3 Å². The third-order valence-corrected chi connectivity index (χ3v) is 5.00. The number of rotatable bonds is 4. The second kappa shape index (κ2) is 6.35. The van der Waals surface area contributed by atoms with E-state index >= 15 is 0 Å². The molecule has 8 heteroatoms. The van der Waals surface area contributed by atoms with Crippen molar-refractivity contribution in [3.8, 4) is 17.3 Å². The van der Waals surface area contributed by atoms with Crippen molar-refractivity contribution in [2.24, 2.45) is 0 Å². The first-order valence-electron chi connectivity index (χ1n) is 6.82. The maximum Gasteiger partial charge on any atom is 0.261 e. The Kier molecular flexibility index (Phi) is 4.25. The van der Waals surface area contributed by atoms with Gasteiger partial charge in [0, 0.05) is 17.4 Å². The number of nitrogens with zero attached hydrogens (tertiary/aromatic N) is 2. The minimum absolute atomic E-state index is 0.0320. The van der Waals surface area contributed by atoms with E-state index in [4.69, 9.17) is 16.9 Å². The highest BCUT2D eigenvalue weighted by Crippen LogP contribution is 2.24. The zero-order valence-electron chi connectivity index (χ0n) is 12.2. The Hall–Kier alpha value is -2.82. The van der Waals surface area contributed by atoms with Crippen LogP contribution < -0.4 is 4.72 Å². The first-order chi connectivity index (χ1) is 11.5. The fourth-order valence-corrected chi connectivity index (χ4v) is 3.37. The lowest BCUT2D eigenvalue weighted by Crippen LogP contribution is -2.13. The number of halogens is 1. The number of aromatic nitrogens is 2. The summed E-state index contributed by atoms with van der Waals surface area (Å²) in [6.45, 7) is 0. The first-order valence-corrected chi connectivity index (χ1v) is 8.68. The average Bonchev–Trinajstić information content (AvgIpc) is 3.09. The Morgan fingerprint density at radius 3 is 2.71 bits per heavy atom. The van der Waals surface area contributed by atoms with Crippen LogP contribution in [0.4, 0.5) is 5.69 Å². The zero-order chi connectivity index (χ0) is 17.2. The lowest BCUT2D eigenvalue weighted by atomic mass is 10.1. The topological polar surface area (TPSA) is 98.6 Å². The standard InChI is InChI=1S/C16H11ClN4O2S/c17-15-5-4-14(9-12(15)10-18)24(22,23)21-13-3-1-2-11(8-13)16-6-7-19-20-16/h1-9,21H,(H,19,20). The SMILES string of the molecule is N#Cc1cc(S(=O)(=O)Nc2cccc(-c3ccn[nH]3)c2)ccc1Cl. The molecule has 2 aromatic carbocycles. The molecule has 3 rings (SSSR count). The van der Waals surface area contributed by atoms with Gasteiger partial charge in [-0.15, -0.1) is 0 Å². The predicted molar refractivity (Wildman–Crippen MR) is 91.0 cm³/mol. The molecular formula is C16H11ClN4O2S. The summed E-state index contributed by atoms with van der Waals surface area (Å²) in [5, 5.41) is 15.9. The molecule has 0 aliphatic rings. The van der Waals surface area contributed by atoms with Gasteiger partial charge in [-0.1, -0.05) is 23.7 Å². The highest BCUT2D eigenvalue weighted by atomic mass is 35.5. The third kappa shape index (κ3) is 3.25. The van der Waals surface area contributed by atoms with Crippen molar-refractivity contribution in [2.75, 3.05) is 4.72 Å². The molecule has 0 unspecified atom stereocenters. The number of hydrogen-bond acceptors (Lipinski definition) is 4. The Morgan fingerprint density at radius 2 is 2.00 bits per heavy atom. The molecule has 0 bridgehead atoms. The van der Waals surface area contributed by atoms with Crippen LogP contribution in [0.5, 0.6) is 0 Å². The Morgan fingerprint density at radius 1 is 1.17 bits per heavy atom. The lowest BCUT2D eigenvalue weighted by Gasteiger charge is -2.10. The minimum atomic E-state index is -3.83. The normalized spacial score (nSPS) is 11.0. The number of anilines is 1. The molecule has 0 saturated carbocycles. The molecule has 120 valence electrons. The molecule has 0 atom stereocenters. The maximum atomic E-state index is 12.5. The number of H-pyrrole nitrogens is 1. The molecule has 6 nitrogen and oxygen atoms in total. The summed E-state index contributed by atoms with van der Waals surface area (Å²) in [4.78, 5) is -0.0320. The van der Waals surface area contributed by atoms with Gasteiger partial charge in [0.15, 0.2) is 0 Å². The van der Waals surface area contributed by atoms with Gasteiger partial charge in [0.05, 0.1) is 21.2 Å². The number of aromatic amines is 1. The van der Waals surface area contributed by atoms with E-state index in [-0.39, 0.29) is 15.5 Å². The van der Waals surface area contributed by atoms with Gasteiger partial charge >= 0.3 is 0 Å². The van der Waals surface area contributed by atoms with E-state index in [1.54, 1.807) is 30.5 Å². The fourth-order valence-electron chi connectivity index (χ4n) is 2.14. The molecule has 0 aliphatic heterocycles. The van der Waals surface area contributed by atoms with E-state index < -0.39 is 10.0 Å². The number of sulfonamides is 1. The van der Waals surface area contributed by atoms with Crippen molar-refractivity contribution in [3.63, 3.8) is 0 Å². The van der Waals surface area contributed by atoms with Crippen molar-refractivity contribution in [1.82, 2.24) is 10.2 Å². The summed E-state index contributed by atoms with van der Waals surface area (Å²) in [6.07, 6.45) is 1.61. The molecule has 24 heavy (non-hydrogen) atoms. The highest BCUT2D eigenvalue weighted by Gasteiger charge is 2.16. The van der Waals surface area contributed by atoms with Gasteiger partial charge in [-0.25, -0.2) is 8.42 Å². The summed E-state index contributed by atoms with van der Waals surface area (Å²) < 4.78 is 27.5. The number of benzene rings is 2. The van der Waals surface area contributed by atoms with E-state index in [1.165, 1.54) is 18.2 Å². The average molecular weight is 359 g/mol. The Bertz CT molecular complexity index is 1020. The van der Waals surface area contributed by atoms with Crippen molar-refractivity contribution in [3.05, 3.63) is 65.3 Å².